The molecule has 1 fully saturated rings. The third-order valence-electron chi connectivity index (χ3n) is 3.97. The minimum absolute atomic E-state index is 0.331. The highest BCUT2D eigenvalue weighted by atomic mass is 32.2. The van der Waals surface area contributed by atoms with Gasteiger partial charge in [0.15, 0.2) is 5.16 Å². The third kappa shape index (κ3) is 6.45. The molecule has 2 rings (SSSR count). The van der Waals surface area contributed by atoms with Gasteiger partial charge in [0.2, 0.25) is 0 Å². The Balaban J connectivity index is 2.21. The Kier molecular flexibility index (Phi) is 8.99. The van der Waals surface area contributed by atoms with Gasteiger partial charge in [-0.15, -0.1) is 0 Å². The van der Waals surface area contributed by atoms with Gasteiger partial charge < -0.3 is 14.4 Å². The maximum absolute atomic E-state index is 12.3. The molecule has 1 aliphatic rings. The topological polar surface area (TPSA) is 76.6 Å². The van der Waals surface area contributed by atoms with Gasteiger partial charge in [-0.3, -0.25) is 5.32 Å². The number of nitrogens with zero attached hydrogens (tertiary/aromatic N) is 3. The van der Waals surface area contributed by atoms with E-state index in [1.165, 1.54) is 18.2 Å². The highest BCUT2D eigenvalue weighted by Crippen LogP contribution is 2.22. The Morgan fingerprint density at radius 1 is 1.36 bits per heavy atom. The van der Waals surface area contributed by atoms with E-state index in [1.54, 1.807) is 13.1 Å². The second-order valence-electron chi connectivity index (χ2n) is 5.77. The minimum Gasteiger partial charge on any atom is -0.462 e. The highest BCUT2D eigenvalue weighted by Gasteiger charge is 2.21. The molecule has 8 heteroatoms. The van der Waals surface area contributed by atoms with Gasteiger partial charge in [-0.05, 0) is 32.6 Å². The van der Waals surface area contributed by atoms with Crippen molar-refractivity contribution in [3.05, 3.63) is 11.8 Å². The van der Waals surface area contributed by atoms with Gasteiger partial charge in [0.05, 0.1) is 19.9 Å². The fourth-order valence-electron chi connectivity index (χ4n) is 2.67. The molecule has 0 saturated carbocycles. The van der Waals surface area contributed by atoms with Crippen molar-refractivity contribution in [3.8, 4) is 0 Å². The first-order chi connectivity index (χ1) is 12.3. The lowest BCUT2D eigenvalue weighted by Gasteiger charge is -2.26. The van der Waals surface area contributed by atoms with E-state index in [0.717, 1.165) is 32.4 Å². The average Bonchev–Trinajstić information content (AvgIpc) is 2.62. The van der Waals surface area contributed by atoms with E-state index >= 15 is 0 Å². The van der Waals surface area contributed by atoms with E-state index in [4.69, 9.17) is 9.47 Å². The number of aromatic nitrogens is 2. The first-order valence-corrected chi connectivity index (χ1v) is 10.1. The molecule has 1 aromatic rings. The summed E-state index contributed by atoms with van der Waals surface area (Å²) >= 11 is 1.46. The zero-order chi connectivity index (χ0) is 17.9. The van der Waals surface area contributed by atoms with Gasteiger partial charge in [-0.1, -0.05) is 24.6 Å². The van der Waals surface area contributed by atoms with E-state index in [-0.39, 0.29) is 5.97 Å². The van der Waals surface area contributed by atoms with E-state index in [9.17, 15) is 4.79 Å². The summed E-state index contributed by atoms with van der Waals surface area (Å²) in [6.07, 6.45) is 8.06. The number of hydrogen-bond donors (Lipinski definition) is 1. The standard InChI is InChI=1S/C17H28N4O3S/c1-3-24-16(22)14-12-19-17(25-2)20-15(14)21-9-7-5-4-6-8-18-13-23-11-10-21/h12,18H,3-11,13H2,1-2H3. The van der Waals surface area contributed by atoms with Crippen LogP contribution in [-0.4, -0.2) is 61.8 Å². The minimum atomic E-state index is -0.376. The lowest BCUT2D eigenvalue weighted by molar-refractivity contribution is 0.0525. The molecular formula is C17H28N4O3S. The van der Waals surface area contributed by atoms with Crippen LogP contribution in [0.15, 0.2) is 11.4 Å². The van der Waals surface area contributed by atoms with Gasteiger partial charge in [-0.2, -0.15) is 0 Å². The summed E-state index contributed by atoms with van der Waals surface area (Å²) in [5.41, 5.74) is 0.421. The smallest absolute Gasteiger partial charge is 0.343 e. The molecule has 1 saturated heterocycles. The predicted molar refractivity (Wildman–Crippen MR) is 99.3 cm³/mol. The van der Waals surface area contributed by atoms with Crippen LogP contribution in [0.5, 0.6) is 0 Å². The van der Waals surface area contributed by atoms with Gasteiger partial charge >= 0.3 is 5.97 Å². The fourth-order valence-corrected chi connectivity index (χ4v) is 3.01. The average molecular weight is 369 g/mol. The molecule has 0 spiro atoms. The Hall–Kier alpha value is -1.38. The van der Waals surface area contributed by atoms with Crippen LogP contribution in [-0.2, 0) is 9.47 Å². The number of anilines is 1. The van der Waals surface area contributed by atoms with Crippen LogP contribution in [0.3, 0.4) is 0 Å². The Morgan fingerprint density at radius 3 is 3.00 bits per heavy atom. The Morgan fingerprint density at radius 2 is 2.20 bits per heavy atom. The zero-order valence-electron chi connectivity index (χ0n) is 15.1. The summed E-state index contributed by atoms with van der Waals surface area (Å²) in [6, 6.07) is 0. The second-order valence-corrected chi connectivity index (χ2v) is 6.54. The number of nitrogens with one attached hydrogen (secondary N) is 1. The van der Waals surface area contributed by atoms with E-state index in [0.29, 0.717) is 43.0 Å². The molecular weight excluding hydrogens is 340 g/mol. The molecule has 1 aromatic heterocycles. The lowest BCUT2D eigenvalue weighted by atomic mass is 10.1. The van der Waals surface area contributed by atoms with Crippen molar-refractivity contribution >= 4 is 23.5 Å². The summed E-state index contributed by atoms with van der Waals surface area (Å²) in [5.74, 6) is 0.269. The summed E-state index contributed by atoms with van der Waals surface area (Å²) < 4.78 is 10.8. The van der Waals surface area contributed by atoms with Crippen LogP contribution in [0, 0.1) is 0 Å². The largest absolute Gasteiger partial charge is 0.462 e. The zero-order valence-corrected chi connectivity index (χ0v) is 15.9. The summed E-state index contributed by atoms with van der Waals surface area (Å²) in [5, 5.41) is 3.93. The van der Waals surface area contributed by atoms with Crippen molar-refractivity contribution in [2.24, 2.45) is 0 Å². The van der Waals surface area contributed by atoms with Crippen molar-refractivity contribution < 1.29 is 14.3 Å². The Bertz CT molecular complexity index is 533. The maximum Gasteiger partial charge on any atom is 0.343 e. The number of ether oxygens (including phenoxy) is 2. The fraction of sp³-hybridized carbons (Fsp3) is 0.706. The van der Waals surface area contributed by atoms with E-state index in [1.807, 2.05) is 6.26 Å². The monoisotopic (exact) mass is 368 g/mol. The number of carbonyl (C=O) groups is 1. The molecule has 140 valence electrons. The molecule has 1 N–H and O–H groups in total. The molecule has 0 aromatic carbocycles. The van der Waals surface area contributed by atoms with Crippen LogP contribution >= 0.6 is 11.8 Å². The van der Waals surface area contributed by atoms with Crippen LogP contribution in [0.25, 0.3) is 0 Å². The van der Waals surface area contributed by atoms with Crippen LogP contribution in [0.2, 0.25) is 0 Å². The SMILES string of the molecule is CCOC(=O)c1cnc(SC)nc1N1CCCCCCNCOCC1. The molecule has 25 heavy (non-hydrogen) atoms. The van der Waals surface area contributed by atoms with Gasteiger partial charge in [-0.25, -0.2) is 14.8 Å². The quantitative estimate of drug-likeness (QED) is 0.493. The highest BCUT2D eigenvalue weighted by molar-refractivity contribution is 7.98. The lowest BCUT2D eigenvalue weighted by Crippen LogP contribution is -2.33. The summed E-state index contributed by atoms with van der Waals surface area (Å²) in [6.45, 7) is 5.78. The summed E-state index contributed by atoms with van der Waals surface area (Å²) in [7, 11) is 0. The number of rotatable bonds is 4. The second kappa shape index (κ2) is 11.3. The van der Waals surface area contributed by atoms with Crippen molar-refractivity contribution in [1.82, 2.24) is 15.3 Å². The van der Waals surface area contributed by atoms with Crippen LogP contribution in [0.1, 0.15) is 43.0 Å². The molecule has 0 unspecified atom stereocenters. The predicted octanol–water partition coefficient (Wildman–Crippen LogP) is 2.32. The molecule has 1 aliphatic heterocycles. The molecule has 0 bridgehead atoms. The molecule has 0 aliphatic carbocycles. The molecule has 2 heterocycles. The van der Waals surface area contributed by atoms with Crippen LogP contribution in [0.4, 0.5) is 5.82 Å². The van der Waals surface area contributed by atoms with E-state index in [2.05, 4.69) is 20.2 Å². The number of hydrogen-bond acceptors (Lipinski definition) is 8. The van der Waals surface area contributed by atoms with Crippen molar-refractivity contribution in [3.63, 3.8) is 0 Å². The Labute approximate surface area is 153 Å². The van der Waals surface area contributed by atoms with Gasteiger partial charge in [0.1, 0.15) is 11.4 Å². The van der Waals surface area contributed by atoms with Crippen molar-refractivity contribution in [1.29, 1.82) is 0 Å². The van der Waals surface area contributed by atoms with Gasteiger partial charge in [0.25, 0.3) is 0 Å². The number of carbonyl (C=O) groups excluding carboxylic acids is 1. The molecule has 0 radical (unpaired) electrons. The molecule has 7 nitrogen and oxygen atoms in total. The van der Waals surface area contributed by atoms with Crippen molar-refractivity contribution in [2.45, 2.75) is 37.8 Å². The number of thioether (sulfide) groups is 1. The molecule has 0 amide bonds. The van der Waals surface area contributed by atoms with Crippen LogP contribution < -0.4 is 10.2 Å². The maximum atomic E-state index is 12.3. The van der Waals surface area contributed by atoms with E-state index < -0.39 is 0 Å². The third-order valence-corrected chi connectivity index (χ3v) is 4.53. The number of esters is 1. The first-order valence-electron chi connectivity index (χ1n) is 8.87. The first kappa shape index (κ1) is 19.9. The molecule has 0 atom stereocenters. The normalized spacial score (nSPS) is 17.4. The summed E-state index contributed by atoms with van der Waals surface area (Å²) in [4.78, 5) is 23.3. The van der Waals surface area contributed by atoms with Crippen molar-refractivity contribution in [2.75, 3.05) is 50.7 Å². The van der Waals surface area contributed by atoms with Gasteiger partial charge in [0, 0.05) is 19.3 Å².